The molecule has 0 fully saturated rings. The number of hydrogen-bond donors (Lipinski definition) is 1. The average molecular weight is 356 g/mol. The fourth-order valence-corrected chi connectivity index (χ4v) is 4.38. The van der Waals surface area contributed by atoms with E-state index in [4.69, 9.17) is 5.73 Å². The molecular weight excluding hydrogens is 330 g/mol. The second-order valence-electron chi connectivity index (χ2n) is 6.05. The standard InChI is InChI=1S/C20H25N3OS/c1-3-22(4-2)12-13-23(14-21)17-10-7-9-16-19(24)15-8-5-6-11-18(15)25-20(16)17/h5-11H,3-4,12-14,21H2,1-2H3. The number of anilines is 1. The Balaban J connectivity index is 2.07. The van der Waals surface area contributed by atoms with Crippen molar-refractivity contribution in [3.05, 3.63) is 52.7 Å². The summed E-state index contributed by atoms with van der Waals surface area (Å²) in [6.07, 6.45) is 0. The van der Waals surface area contributed by atoms with Crippen LogP contribution in [0.3, 0.4) is 0 Å². The largest absolute Gasteiger partial charge is 0.357 e. The van der Waals surface area contributed by atoms with Gasteiger partial charge >= 0.3 is 0 Å². The molecule has 0 saturated carbocycles. The van der Waals surface area contributed by atoms with Gasteiger partial charge in [-0.1, -0.05) is 32.0 Å². The van der Waals surface area contributed by atoms with Gasteiger partial charge in [-0.05, 0) is 37.4 Å². The van der Waals surface area contributed by atoms with Crippen LogP contribution in [-0.2, 0) is 0 Å². The molecule has 0 aliphatic rings. The number of nitrogens with zero attached hydrogens (tertiary/aromatic N) is 2. The second kappa shape index (κ2) is 7.95. The van der Waals surface area contributed by atoms with Gasteiger partial charge in [0.05, 0.1) is 17.1 Å². The van der Waals surface area contributed by atoms with Gasteiger partial charge in [-0.25, -0.2) is 0 Å². The topological polar surface area (TPSA) is 49.6 Å². The highest BCUT2D eigenvalue weighted by Gasteiger charge is 2.14. The molecule has 0 amide bonds. The van der Waals surface area contributed by atoms with Gasteiger partial charge in [-0.15, -0.1) is 11.3 Å². The predicted octanol–water partition coefficient (Wildman–Crippen LogP) is 3.48. The van der Waals surface area contributed by atoms with Gasteiger partial charge in [-0.2, -0.15) is 0 Å². The zero-order valence-corrected chi connectivity index (χ0v) is 15.7. The molecule has 2 aromatic carbocycles. The van der Waals surface area contributed by atoms with Crippen LogP contribution in [-0.4, -0.2) is 37.7 Å². The fourth-order valence-electron chi connectivity index (χ4n) is 3.17. The Morgan fingerprint density at radius 1 is 0.960 bits per heavy atom. The van der Waals surface area contributed by atoms with E-state index in [1.165, 1.54) is 0 Å². The average Bonchev–Trinajstić information content (AvgIpc) is 2.66. The lowest BCUT2D eigenvalue weighted by atomic mass is 10.1. The summed E-state index contributed by atoms with van der Waals surface area (Å²) in [5, 5.41) is 1.57. The number of hydrogen-bond acceptors (Lipinski definition) is 5. The van der Waals surface area contributed by atoms with Crippen molar-refractivity contribution in [2.24, 2.45) is 5.73 Å². The van der Waals surface area contributed by atoms with Crippen molar-refractivity contribution in [3.63, 3.8) is 0 Å². The third kappa shape index (κ3) is 3.54. The second-order valence-corrected chi connectivity index (χ2v) is 7.11. The molecule has 0 radical (unpaired) electrons. The summed E-state index contributed by atoms with van der Waals surface area (Å²) in [7, 11) is 0. The summed E-state index contributed by atoms with van der Waals surface area (Å²) in [4.78, 5) is 17.4. The number of fused-ring (bicyclic) bond motifs is 2. The van der Waals surface area contributed by atoms with Gasteiger partial charge in [-0.3, -0.25) is 4.79 Å². The molecule has 0 atom stereocenters. The molecule has 5 heteroatoms. The Kier molecular flexibility index (Phi) is 5.68. The first-order chi connectivity index (χ1) is 12.2. The molecule has 0 unspecified atom stereocenters. The van der Waals surface area contributed by atoms with E-state index in [0.717, 1.165) is 52.0 Å². The van der Waals surface area contributed by atoms with Gasteiger partial charge < -0.3 is 15.5 Å². The van der Waals surface area contributed by atoms with Gasteiger partial charge in [0.15, 0.2) is 5.43 Å². The predicted molar refractivity (Wildman–Crippen MR) is 110 cm³/mol. The van der Waals surface area contributed by atoms with Crippen LogP contribution in [0.2, 0.25) is 0 Å². The summed E-state index contributed by atoms with van der Waals surface area (Å²) < 4.78 is 2.05. The number of benzene rings is 2. The van der Waals surface area contributed by atoms with Crippen molar-refractivity contribution in [1.82, 2.24) is 4.90 Å². The van der Waals surface area contributed by atoms with Gasteiger partial charge in [0.25, 0.3) is 0 Å². The first-order valence-corrected chi connectivity index (χ1v) is 9.63. The molecular formula is C20H25N3OS. The highest BCUT2D eigenvalue weighted by Crippen LogP contribution is 2.32. The van der Waals surface area contributed by atoms with E-state index in [9.17, 15) is 4.79 Å². The van der Waals surface area contributed by atoms with Gasteiger partial charge in [0.2, 0.25) is 0 Å². The smallest absolute Gasteiger partial charge is 0.195 e. The van der Waals surface area contributed by atoms with Crippen molar-refractivity contribution in [2.45, 2.75) is 13.8 Å². The third-order valence-corrected chi connectivity index (χ3v) is 5.93. The third-order valence-electron chi connectivity index (χ3n) is 4.72. The lowest BCUT2D eigenvalue weighted by molar-refractivity contribution is 0.309. The molecule has 0 aliphatic heterocycles. The van der Waals surface area contributed by atoms with E-state index < -0.39 is 0 Å². The maximum Gasteiger partial charge on any atom is 0.195 e. The first-order valence-electron chi connectivity index (χ1n) is 8.81. The molecule has 2 N–H and O–H groups in total. The van der Waals surface area contributed by atoms with Crippen LogP contribution in [0.1, 0.15) is 13.8 Å². The van der Waals surface area contributed by atoms with E-state index in [2.05, 4.69) is 29.7 Å². The quantitative estimate of drug-likeness (QED) is 0.521. The monoisotopic (exact) mass is 355 g/mol. The van der Waals surface area contributed by atoms with Crippen LogP contribution < -0.4 is 16.1 Å². The number of rotatable bonds is 7. The van der Waals surface area contributed by atoms with Crippen LogP contribution in [0.25, 0.3) is 20.2 Å². The minimum absolute atomic E-state index is 0.104. The van der Waals surface area contributed by atoms with Crippen molar-refractivity contribution >= 4 is 37.2 Å². The Bertz CT molecular complexity index is 918. The maximum absolute atomic E-state index is 12.9. The lowest BCUT2D eigenvalue weighted by Gasteiger charge is -2.27. The van der Waals surface area contributed by atoms with Crippen molar-refractivity contribution in [3.8, 4) is 0 Å². The molecule has 0 aliphatic carbocycles. The summed E-state index contributed by atoms with van der Waals surface area (Å²) in [5.41, 5.74) is 7.21. The molecule has 25 heavy (non-hydrogen) atoms. The number of nitrogens with two attached hydrogens (primary N) is 1. The molecule has 3 rings (SSSR count). The molecule has 0 spiro atoms. The highest BCUT2D eigenvalue weighted by atomic mass is 32.1. The molecule has 1 aromatic heterocycles. The summed E-state index contributed by atoms with van der Waals surface area (Å²) in [6, 6.07) is 13.8. The summed E-state index contributed by atoms with van der Waals surface area (Å²) in [6.45, 7) is 8.66. The Morgan fingerprint density at radius 2 is 1.68 bits per heavy atom. The zero-order valence-electron chi connectivity index (χ0n) is 14.9. The van der Waals surface area contributed by atoms with Crippen LogP contribution >= 0.6 is 11.3 Å². The summed E-state index contributed by atoms with van der Waals surface area (Å²) in [5.74, 6) is 0. The fraction of sp³-hybridized carbons (Fsp3) is 0.350. The van der Waals surface area contributed by atoms with Gasteiger partial charge in [0.1, 0.15) is 0 Å². The maximum atomic E-state index is 12.9. The van der Waals surface area contributed by atoms with Crippen molar-refractivity contribution in [1.29, 1.82) is 0 Å². The van der Waals surface area contributed by atoms with Crippen LogP contribution in [0.15, 0.2) is 47.3 Å². The lowest BCUT2D eigenvalue weighted by Crippen LogP contribution is -2.38. The van der Waals surface area contributed by atoms with E-state index in [-0.39, 0.29) is 5.43 Å². The molecule has 4 nitrogen and oxygen atoms in total. The number of likely N-dealkylation sites (N-methyl/N-ethyl adjacent to an activating group) is 1. The van der Waals surface area contributed by atoms with E-state index in [0.29, 0.717) is 6.67 Å². The first kappa shape index (κ1) is 17.9. The van der Waals surface area contributed by atoms with Crippen LogP contribution in [0.4, 0.5) is 5.69 Å². The van der Waals surface area contributed by atoms with E-state index in [1.807, 2.05) is 36.4 Å². The van der Waals surface area contributed by atoms with E-state index in [1.54, 1.807) is 11.3 Å². The molecule has 0 saturated heterocycles. The van der Waals surface area contributed by atoms with Crippen LogP contribution in [0.5, 0.6) is 0 Å². The Morgan fingerprint density at radius 3 is 2.40 bits per heavy atom. The SMILES string of the molecule is CCN(CC)CCN(CN)c1cccc2c(=O)c3ccccc3sc12. The Labute approximate surface area is 152 Å². The molecule has 132 valence electrons. The molecule has 0 bridgehead atoms. The minimum atomic E-state index is 0.104. The Hall–Kier alpha value is -1.95. The summed E-state index contributed by atoms with van der Waals surface area (Å²) >= 11 is 1.67. The normalized spacial score (nSPS) is 11.5. The van der Waals surface area contributed by atoms with Gasteiger partial charge in [0, 0.05) is 28.6 Å². The van der Waals surface area contributed by atoms with E-state index >= 15 is 0 Å². The molecule has 3 aromatic rings. The zero-order chi connectivity index (χ0) is 17.8. The molecule has 1 heterocycles. The van der Waals surface area contributed by atoms with Crippen LogP contribution in [0, 0.1) is 0 Å². The van der Waals surface area contributed by atoms with Crippen molar-refractivity contribution in [2.75, 3.05) is 37.7 Å². The highest BCUT2D eigenvalue weighted by molar-refractivity contribution is 7.25. The van der Waals surface area contributed by atoms with Crippen molar-refractivity contribution < 1.29 is 0 Å². The minimum Gasteiger partial charge on any atom is -0.357 e.